The topological polar surface area (TPSA) is 61.4 Å². The van der Waals surface area contributed by atoms with Crippen molar-refractivity contribution in [2.45, 2.75) is 32.7 Å². The Morgan fingerprint density at radius 2 is 1.62 bits per heavy atom. The maximum atomic E-state index is 12.9. The number of para-hydroxylation sites is 1. The summed E-state index contributed by atoms with van der Waals surface area (Å²) >= 11 is 0. The second-order valence-corrected chi connectivity index (χ2v) is 9.17. The first-order valence-corrected chi connectivity index (χ1v) is 12.1. The molecular formula is C29H33N3O2. The number of carbonyl (C=O) groups is 2. The van der Waals surface area contributed by atoms with E-state index in [1.54, 1.807) is 18.2 Å². The van der Waals surface area contributed by atoms with E-state index in [1.807, 2.05) is 60.7 Å². The SMILES string of the molecule is C[C@H]1CCCN(Cc2ccc(C(=O)Nc3ccccc3C(=O)NCCc3ccccc3)cc2)C1. The number of hydrogen-bond donors (Lipinski definition) is 2. The lowest BCUT2D eigenvalue weighted by molar-refractivity contribution is 0.0955. The molecule has 0 aromatic heterocycles. The fourth-order valence-corrected chi connectivity index (χ4v) is 4.49. The summed E-state index contributed by atoms with van der Waals surface area (Å²) in [5.74, 6) is 0.329. The van der Waals surface area contributed by atoms with Gasteiger partial charge in [0.1, 0.15) is 0 Å². The van der Waals surface area contributed by atoms with Crippen LogP contribution in [0.15, 0.2) is 78.9 Å². The lowest BCUT2D eigenvalue weighted by Gasteiger charge is -2.30. The van der Waals surface area contributed by atoms with Gasteiger partial charge in [-0.05, 0) is 67.1 Å². The number of carbonyl (C=O) groups excluding carboxylic acids is 2. The van der Waals surface area contributed by atoms with Gasteiger partial charge in [-0.25, -0.2) is 0 Å². The molecule has 1 saturated heterocycles. The molecule has 0 saturated carbocycles. The van der Waals surface area contributed by atoms with Crippen molar-refractivity contribution >= 4 is 17.5 Å². The number of benzene rings is 3. The van der Waals surface area contributed by atoms with Crippen molar-refractivity contribution in [2.75, 3.05) is 25.0 Å². The molecule has 34 heavy (non-hydrogen) atoms. The van der Waals surface area contributed by atoms with Gasteiger partial charge < -0.3 is 10.6 Å². The summed E-state index contributed by atoms with van der Waals surface area (Å²) in [5, 5.41) is 5.87. The molecule has 1 atom stereocenters. The number of piperidine rings is 1. The van der Waals surface area contributed by atoms with Gasteiger partial charge in [-0.2, -0.15) is 0 Å². The first-order valence-electron chi connectivity index (χ1n) is 12.1. The quantitative estimate of drug-likeness (QED) is 0.494. The van der Waals surface area contributed by atoms with E-state index in [-0.39, 0.29) is 11.8 Å². The summed E-state index contributed by atoms with van der Waals surface area (Å²) in [6.45, 7) is 6.02. The second kappa shape index (κ2) is 11.6. The van der Waals surface area contributed by atoms with E-state index in [0.29, 0.717) is 23.4 Å². The molecule has 5 nitrogen and oxygen atoms in total. The fraction of sp³-hybridized carbons (Fsp3) is 0.310. The van der Waals surface area contributed by atoms with E-state index in [4.69, 9.17) is 0 Å². The van der Waals surface area contributed by atoms with E-state index in [2.05, 4.69) is 22.5 Å². The third kappa shape index (κ3) is 6.55. The van der Waals surface area contributed by atoms with Crippen LogP contribution in [0.5, 0.6) is 0 Å². The molecule has 0 bridgehead atoms. The van der Waals surface area contributed by atoms with Crippen LogP contribution < -0.4 is 10.6 Å². The summed E-state index contributed by atoms with van der Waals surface area (Å²) in [7, 11) is 0. The van der Waals surface area contributed by atoms with Crippen LogP contribution in [0.2, 0.25) is 0 Å². The van der Waals surface area contributed by atoms with Crippen molar-refractivity contribution in [1.29, 1.82) is 0 Å². The minimum atomic E-state index is -0.220. The number of nitrogens with one attached hydrogen (secondary N) is 2. The molecule has 1 aliphatic rings. The molecule has 2 N–H and O–H groups in total. The lowest BCUT2D eigenvalue weighted by Crippen LogP contribution is -2.33. The number of likely N-dealkylation sites (tertiary alicyclic amines) is 1. The van der Waals surface area contributed by atoms with Crippen LogP contribution >= 0.6 is 0 Å². The highest BCUT2D eigenvalue weighted by Gasteiger charge is 2.17. The van der Waals surface area contributed by atoms with Crippen LogP contribution in [-0.4, -0.2) is 36.3 Å². The minimum Gasteiger partial charge on any atom is -0.352 e. The number of anilines is 1. The van der Waals surface area contributed by atoms with Gasteiger partial charge >= 0.3 is 0 Å². The number of amides is 2. The molecule has 0 radical (unpaired) electrons. The van der Waals surface area contributed by atoms with E-state index >= 15 is 0 Å². The predicted octanol–water partition coefficient (Wildman–Crippen LogP) is 5.14. The Morgan fingerprint density at radius 3 is 2.38 bits per heavy atom. The Kier molecular flexibility index (Phi) is 8.10. The maximum absolute atomic E-state index is 12.9. The summed E-state index contributed by atoms with van der Waals surface area (Å²) < 4.78 is 0. The Bertz CT molecular complexity index is 1100. The fourth-order valence-electron chi connectivity index (χ4n) is 4.49. The van der Waals surface area contributed by atoms with Crippen molar-refractivity contribution in [3.63, 3.8) is 0 Å². The zero-order chi connectivity index (χ0) is 23.8. The molecule has 1 aliphatic heterocycles. The van der Waals surface area contributed by atoms with Crippen molar-refractivity contribution in [1.82, 2.24) is 10.2 Å². The number of rotatable bonds is 8. The first kappa shape index (κ1) is 23.7. The average Bonchev–Trinajstić information content (AvgIpc) is 2.85. The van der Waals surface area contributed by atoms with Crippen molar-refractivity contribution in [3.8, 4) is 0 Å². The largest absolute Gasteiger partial charge is 0.352 e. The average molecular weight is 456 g/mol. The molecule has 5 heteroatoms. The number of hydrogen-bond acceptors (Lipinski definition) is 3. The third-order valence-electron chi connectivity index (χ3n) is 6.33. The highest BCUT2D eigenvalue weighted by Crippen LogP contribution is 2.19. The highest BCUT2D eigenvalue weighted by molar-refractivity contribution is 6.09. The normalized spacial score (nSPS) is 16.1. The van der Waals surface area contributed by atoms with E-state index < -0.39 is 0 Å². The summed E-state index contributed by atoms with van der Waals surface area (Å²) in [6.07, 6.45) is 3.31. The molecule has 3 aromatic carbocycles. The zero-order valence-corrected chi connectivity index (χ0v) is 19.8. The van der Waals surface area contributed by atoms with Gasteiger partial charge in [0.05, 0.1) is 11.3 Å². The summed E-state index contributed by atoms with van der Waals surface area (Å²) in [6, 6.07) is 24.9. The maximum Gasteiger partial charge on any atom is 0.255 e. The van der Waals surface area contributed by atoms with Gasteiger partial charge in [0, 0.05) is 25.2 Å². The van der Waals surface area contributed by atoms with Crippen LogP contribution in [0.25, 0.3) is 0 Å². The van der Waals surface area contributed by atoms with Gasteiger partial charge in [-0.1, -0.05) is 61.5 Å². The standard InChI is InChI=1S/C29H33N3O2/c1-22-8-7-19-32(20-22)21-24-13-15-25(16-14-24)28(33)31-27-12-6-5-11-26(27)29(34)30-18-17-23-9-3-2-4-10-23/h2-6,9-16,22H,7-8,17-21H2,1H3,(H,30,34)(H,31,33)/t22-/m0/s1. The van der Waals surface area contributed by atoms with E-state index in [1.165, 1.54) is 24.0 Å². The van der Waals surface area contributed by atoms with E-state index in [0.717, 1.165) is 32.0 Å². The van der Waals surface area contributed by atoms with E-state index in [9.17, 15) is 9.59 Å². The molecule has 176 valence electrons. The second-order valence-electron chi connectivity index (χ2n) is 9.17. The zero-order valence-electron chi connectivity index (χ0n) is 19.8. The highest BCUT2D eigenvalue weighted by atomic mass is 16.2. The molecule has 0 spiro atoms. The first-order chi connectivity index (χ1) is 16.6. The summed E-state index contributed by atoms with van der Waals surface area (Å²) in [5.41, 5.74) is 3.93. The molecule has 1 heterocycles. The van der Waals surface area contributed by atoms with Crippen LogP contribution in [0.3, 0.4) is 0 Å². The summed E-state index contributed by atoms with van der Waals surface area (Å²) in [4.78, 5) is 28.1. The molecule has 2 amide bonds. The van der Waals surface area contributed by atoms with Gasteiger partial charge in [0.2, 0.25) is 0 Å². The van der Waals surface area contributed by atoms with Gasteiger partial charge in [0.25, 0.3) is 11.8 Å². The van der Waals surface area contributed by atoms with Crippen LogP contribution in [0.1, 0.15) is 51.6 Å². The van der Waals surface area contributed by atoms with Crippen LogP contribution in [-0.2, 0) is 13.0 Å². The Balaban J connectivity index is 1.34. The Hall–Kier alpha value is -3.44. The number of nitrogens with zero attached hydrogens (tertiary/aromatic N) is 1. The van der Waals surface area contributed by atoms with Crippen molar-refractivity contribution in [2.24, 2.45) is 5.92 Å². The Morgan fingerprint density at radius 1 is 0.882 bits per heavy atom. The van der Waals surface area contributed by atoms with Crippen molar-refractivity contribution < 1.29 is 9.59 Å². The minimum absolute atomic E-state index is 0.196. The predicted molar refractivity (Wildman–Crippen MR) is 137 cm³/mol. The molecule has 1 fully saturated rings. The van der Waals surface area contributed by atoms with Gasteiger partial charge in [-0.15, -0.1) is 0 Å². The molecule has 4 rings (SSSR count). The van der Waals surface area contributed by atoms with Crippen LogP contribution in [0, 0.1) is 5.92 Å². The van der Waals surface area contributed by atoms with Crippen molar-refractivity contribution in [3.05, 3.63) is 101 Å². The molecule has 3 aromatic rings. The molecular weight excluding hydrogens is 422 g/mol. The lowest BCUT2D eigenvalue weighted by atomic mass is 9.99. The van der Waals surface area contributed by atoms with Gasteiger partial charge in [0.15, 0.2) is 0 Å². The molecule has 0 aliphatic carbocycles. The third-order valence-corrected chi connectivity index (χ3v) is 6.33. The monoisotopic (exact) mass is 455 g/mol. The van der Waals surface area contributed by atoms with Crippen LogP contribution in [0.4, 0.5) is 5.69 Å². The smallest absolute Gasteiger partial charge is 0.255 e. The molecule has 0 unspecified atom stereocenters. The Labute approximate surface area is 202 Å². The van der Waals surface area contributed by atoms with Gasteiger partial charge in [-0.3, -0.25) is 14.5 Å².